The highest BCUT2D eigenvalue weighted by atomic mass is 16.5. The standard InChI is InChI=1S/C15H25NO2/c1-12-10-15(2,3)11-14(17)13(12)4-5-16-6-8-18-9-7-16/h4-11H2,1-3H3. The van der Waals surface area contributed by atoms with Crippen LogP contribution in [0.2, 0.25) is 0 Å². The SMILES string of the molecule is CC1=C(CCN2CCOCC2)C(=O)CC(C)(C)C1. The number of rotatable bonds is 3. The van der Waals surface area contributed by atoms with Crippen LogP contribution in [0.1, 0.15) is 40.0 Å². The minimum atomic E-state index is 0.156. The summed E-state index contributed by atoms with van der Waals surface area (Å²) in [6, 6.07) is 0. The molecule has 0 spiro atoms. The Morgan fingerprint density at radius 3 is 2.50 bits per heavy atom. The Hall–Kier alpha value is -0.670. The van der Waals surface area contributed by atoms with Crippen LogP contribution in [0.25, 0.3) is 0 Å². The van der Waals surface area contributed by atoms with Gasteiger partial charge in [0.2, 0.25) is 0 Å². The third-order valence-corrected chi connectivity index (χ3v) is 4.02. The topological polar surface area (TPSA) is 29.5 Å². The van der Waals surface area contributed by atoms with Crippen molar-refractivity contribution < 1.29 is 9.53 Å². The Morgan fingerprint density at radius 2 is 1.89 bits per heavy atom. The Morgan fingerprint density at radius 1 is 1.22 bits per heavy atom. The average Bonchev–Trinajstić information content (AvgIpc) is 2.27. The van der Waals surface area contributed by atoms with Gasteiger partial charge in [-0.15, -0.1) is 0 Å². The fourth-order valence-electron chi connectivity index (χ4n) is 3.11. The van der Waals surface area contributed by atoms with E-state index in [1.54, 1.807) is 0 Å². The Balaban J connectivity index is 1.93. The summed E-state index contributed by atoms with van der Waals surface area (Å²) in [4.78, 5) is 14.6. The summed E-state index contributed by atoms with van der Waals surface area (Å²) in [5, 5.41) is 0. The molecule has 102 valence electrons. The van der Waals surface area contributed by atoms with Crippen LogP contribution in [-0.4, -0.2) is 43.5 Å². The highest BCUT2D eigenvalue weighted by Gasteiger charge is 2.30. The van der Waals surface area contributed by atoms with Gasteiger partial charge in [-0.25, -0.2) is 0 Å². The molecular formula is C15H25NO2. The quantitative estimate of drug-likeness (QED) is 0.771. The molecular weight excluding hydrogens is 226 g/mol. The van der Waals surface area contributed by atoms with Crippen molar-refractivity contribution >= 4 is 5.78 Å². The van der Waals surface area contributed by atoms with Crippen molar-refractivity contribution in [1.29, 1.82) is 0 Å². The van der Waals surface area contributed by atoms with E-state index < -0.39 is 0 Å². The molecule has 0 unspecified atom stereocenters. The lowest BCUT2D eigenvalue weighted by Gasteiger charge is -2.32. The van der Waals surface area contributed by atoms with Crippen molar-refractivity contribution in [3.05, 3.63) is 11.1 Å². The first-order chi connectivity index (χ1) is 8.48. The maximum absolute atomic E-state index is 12.2. The van der Waals surface area contributed by atoms with Gasteiger partial charge >= 0.3 is 0 Å². The molecule has 2 rings (SSSR count). The molecule has 0 atom stereocenters. The maximum atomic E-state index is 12.2. The Labute approximate surface area is 110 Å². The summed E-state index contributed by atoms with van der Waals surface area (Å²) in [5.74, 6) is 0.372. The molecule has 0 aromatic heterocycles. The third kappa shape index (κ3) is 3.42. The lowest BCUT2D eigenvalue weighted by Crippen LogP contribution is -2.37. The van der Waals surface area contributed by atoms with E-state index >= 15 is 0 Å². The summed E-state index contributed by atoms with van der Waals surface area (Å²) in [6.45, 7) is 11.2. The smallest absolute Gasteiger partial charge is 0.159 e. The lowest BCUT2D eigenvalue weighted by molar-refractivity contribution is -0.118. The number of ether oxygens (including phenoxy) is 1. The van der Waals surface area contributed by atoms with Gasteiger partial charge in [0, 0.05) is 26.1 Å². The number of ketones is 1. The second kappa shape index (κ2) is 5.54. The Kier molecular flexibility index (Phi) is 4.23. The molecule has 3 heteroatoms. The van der Waals surface area contributed by atoms with Gasteiger partial charge in [-0.05, 0) is 30.8 Å². The van der Waals surface area contributed by atoms with Crippen molar-refractivity contribution in [2.45, 2.75) is 40.0 Å². The molecule has 0 N–H and O–H groups in total. The van der Waals surface area contributed by atoms with Crippen LogP contribution >= 0.6 is 0 Å². The van der Waals surface area contributed by atoms with Crippen LogP contribution in [-0.2, 0) is 9.53 Å². The van der Waals surface area contributed by atoms with Crippen LogP contribution in [0.3, 0.4) is 0 Å². The summed E-state index contributed by atoms with van der Waals surface area (Å²) >= 11 is 0. The van der Waals surface area contributed by atoms with Crippen molar-refractivity contribution in [3.63, 3.8) is 0 Å². The normalized spacial score (nSPS) is 25.6. The monoisotopic (exact) mass is 251 g/mol. The van der Waals surface area contributed by atoms with Crippen LogP contribution in [0.4, 0.5) is 0 Å². The minimum absolute atomic E-state index is 0.156. The van der Waals surface area contributed by atoms with Crippen molar-refractivity contribution in [2.75, 3.05) is 32.8 Å². The summed E-state index contributed by atoms with van der Waals surface area (Å²) in [7, 11) is 0. The molecule has 0 saturated carbocycles. The predicted molar refractivity (Wildman–Crippen MR) is 72.6 cm³/mol. The number of carbonyl (C=O) groups is 1. The predicted octanol–water partition coefficient (Wildman–Crippen LogP) is 2.41. The summed E-state index contributed by atoms with van der Waals surface area (Å²) in [5.41, 5.74) is 2.56. The number of morpholine rings is 1. The van der Waals surface area contributed by atoms with E-state index in [1.165, 1.54) is 5.57 Å². The van der Waals surface area contributed by atoms with Gasteiger partial charge in [0.05, 0.1) is 13.2 Å². The molecule has 0 amide bonds. The van der Waals surface area contributed by atoms with E-state index in [2.05, 4.69) is 25.7 Å². The number of hydrogen-bond donors (Lipinski definition) is 0. The van der Waals surface area contributed by atoms with Gasteiger partial charge in [0.15, 0.2) is 5.78 Å². The average molecular weight is 251 g/mol. The van der Waals surface area contributed by atoms with Gasteiger partial charge < -0.3 is 4.74 Å². The van der Waals surface area contributed by atoms with E-state index in [1.807, 2.05) is 0 Å². The molecule has 0 radical (unpaired) electrons. The zero-order valence-electron chi connectivity index (χ0n) is 11.9. The molecule has 1 saturated heterocycles. The first-order valence-corrected chi connectivity index (χ1v) is 7.00. The zero-order valence-corrected chi connectivity index (χ0v) is 11.9. The van der Waals surface area contributed by atoms with Gasteiger partial charge in [-0.2, -0.15) is 0 Å². The van der Waals surface area contributed by atoms with Crippen molar-refractivity contribution in [3.8, 4) is 0 Å². The highest BCUT2D eigenvalue weighted by molar-refractivity contribution is 5.97. The molecule has 1 aliphatic carbocycles. The van der Waals surface area contributed by atoms with E-state index in [0.717, 1.165) is 51.3 Å². The summed E-state index contributed by atoms with van der Waals surface area (Å²) in [6.07, 6.45) is 2.70. The number of carbonyl (C=O) groups excluding carboxylic acids is 1. The van der Waals surface area contributed by atoms with E-state index in [9.17, 15) is 4.79 Å². The number of allylic oxidation sites excluding steroid dienone is 1. The molecule has 0 bridgehead atoms. The van der Waals surface area contributed by atoms with E-state index in [0.29, 0.717) is 12.2 Å². The highest BCUT2D eigenvalue weighted by Crippen LogP contribution is 2.37. The fourth-order valence-corrected chi connectivity index (χ4v) is 3.11. The van der Waals surface area contributed by atoms with Gasteiger partial charge in [-0.1, -0.05) is 19.4 Å². The van der Waals surface area contributed by atoms with Crippen LogP contribution in [0.15, 0.2) is 11.1 Å². The van der Waals surface area contributed by atoms with Crippen LogP contribution < -0.4 is 0 Å². The Bertz CT molecular complexity index is 352. The number of Topliss-reactive ketones (excluding diaryl/α,β-unsaturated/α-hetero) is 1. The van der Waals surface area contributed by atoms with Crippen molar-refractivity contribution in [1.82, 2.24) is 4.90 Å². The van der Waals surface area contributed by atoms with Crippen molar-refractivity contribution in [2.24, 2.45) is 5.41 Å². The largest absolute Gasteiger partial charge is 0.379 e. The van der Waals surface area contributed by atoms with Crippen LogP contribution in [0, 0.1) is 5.41 Å². The van der Waals surface area contributed by atoms with Gasteiger partial charge in [-0.3, -0.25) is 9.69 Å². The lowest BCUT2D eigenvalue weighted by atomic mass is 9.73. The van der Waals surface area contributed by atoms with E-state index in [4.69, 9.17) is 4.74 Å². The molecule has 1 aliphatic heterocycles. The van der Waals surface area contributed by atoms with Crippen LogP contribution in [0.5, 0.6) is 0 Å². The molecule has 1 heterocycles. The van der Waals surface area contributed by atoms with Gasteiger partial charge in [0.25, 0.3) is 0 Å². The second-order valence-electron chi connectivity index (χ2n) is 6.40. The maximum Gasteiger partial charge on any atom is 0.159 e. The second-order valence-corrected chi connectivity index (χ2v) is 6.40. The molecule has 18 heavy (non-hydrogen) atoms. The fraction of sp³-hybridized carbons (Fsp3) is 0.800. The summed E-state index contributed by atoms with van der Waals surface area (Å²) < 4.78 is 5.34. The molecule has 0 aromatic rings. The molecule has 0 aromatic carbocycles. The molecule has 3 nitrogen and oxygen atoms in total. The first-order valence-electron chi connectivity index (χ1n) is 7.00. The molecule has 1 fully saturated rings. The number of hydrogen-bond acceptors (Lipinski definition) is 3. The third-order valence-electron chi connectivity index (χ3n) is 4.02. The zero-order chi connectivity index (χ0) is 13.2. The van der Waals surface area contributed by atoms with Gasteiger partial charge in [0.1, 0.15) is 0 Å². The minimum Gasteiger partial charge on any atom is -0.379 e. The number of nitrogens with zero attached hydrogens (tertiary/aromatic N) is 1. The van der Waals surface area contributed by atoms with E-state index in [-0.39, 0.29) is 5.41 Å². The first kappa shape index (κ1) is 13.8. The molecule has 2 aliphatic rings.